The highest BCUT2D eigenvalue weighted by Gasteiger charge is 2.26. The van der Waals surface area contributed by atoms with Gasteiger partial charge in [0, 0.05) is 36.2 Å². The topological polar surface area (TPSA) is 54.9 Å². The van der Waals surface area contributed by atoms with E-state index in [2.05, 4.69) is 4.90 Å². The number of aryl methyl sites for hydroxylation is 1. The first kappa shape index (κ1) is 25.0. The summed E-state index contributed by atoms with van der Waals surface area (Å²) < 4.78 is 11.8. The number of aromatic nitrogens is 1. The minimum absolute atomic E-state index is 0. The van der Waals surface area contributed by atoms with Gasteiger partial charge < -0.3 is 9.47 Å². The van der Waals surface area contributed by atoms with Gasteiger partial charge in [-0.05, 0) is 42.8 Å². The maximum absolute atomic E-state index is 13.7. The summed E-state index contributed by atoms with van der Waals surface area (Å²) in [6.45, 7) is 6.27. The lowest BCUT2D eigenvalue weighted by Crippen LogP contribution is -2.43. The lowest BCUT2D eigenvalue weighted by atomic mass is 10.1. The van der Waals surface area contributed by atoms with Crippen LogP contribution in [0.25, 0.3) is 10.2 Å². The maximum atomic E-state index is 13.7. The Kier molecular flexibility index (Phi) is 8.61. The van der Waals surface area contributed by atoms with Crippen molar-refractivity contribution in [3.63, 3.8) is 0 Å². The van der Waals surface area contributed by atoms with Gasteiger partial charge in [0.25, 0.3) is 5.91 Å². The molecule has 0 N–H and O–H groups in total. The lowest BCUT2D eigenvalue weighted by molar-refractivity contribution is 0.0391. The van der Waals surface area contributed by atoms with Crippen LogP contribution in [0.5, 0.6) is 5.75 Å². The molecule has 4 rings (SSSR count). The van der Waals surface area contributed by atoms with E-state index in [-0.39, 0.29) is 18.3 Å². The van der Waals surface area contributed by atoms with Crippen molar-refractivity contribution < 1.29 is 14.3 Å². The molecule has 10 heteroatoms. The van der Waals surface area contributed by atoms with Crippen LogP contribution in [-0.4, -0.2) is 62.3 Å². The third-order valence-corrected chi connectivity index (χ3v) is 6.73. The molecule has 6 nitrogen and oxygen atoms in total. The standard InChI is InChI=1S/C22H23Cl2N3O3S.ClH/c1-14-11-16(24)13-19-20(14)25-22(31-19)27(6-5-26-7-9-30-10-8-26)21(28)17-12-15(23)3-4-18(17)29-2;/h3-4,11-13H,5-10H2,1-2H3;1H. The Hall–Kier alpha value is -1.61. The number of carbonyl (C=O) groups is 1. The first-order chi connectivity index (χ1) is 15.0. The molecule has 0 atom stereocenters. The number of halogens is 3. The van der Waals surface area contributed by atoms with Crippen LogP contribution in [0.3, 0.4) is 0 Å². The molecular formula is C22H24Cl3N3O3S. The predicted molar refractivity (Wildman–Crippen MR) is 134 cm³/mol. The van der Waals surface area contributed by atoms with Gasteiger partial charge in [0.15, 0.2) is 5.13 Å². The summed E-state index contributed by atoms with van der Waals surface area (Å²) in [4.78, 5) is 22.4. The van der Waals surface area contributed by atoms with Crippen LogP contribution >= 0.6 is 46.9 Å². The predicted octanol–water partition coefficient (Wildman–Crippen LogP) is 5.32. The molecule has 1 amide bonds. The molecule has 1 fully saturated rings. The fourth-order valence-corrected chi connectivity index (χ4v) is 5.22. The number of thiazole rings is 1. The van der Waals surface area contributed by atoms with Crippen LogP contribution in [0.1, 0.15) is 15.9 Å². The van der Waals surface area contributed by atoms with Crippen molar-refractivity contribution in [2.75, 3.05) is 51.4 Å². The number of hydrogen-bond donors (Lipinski definition) is 0. The highest BCUT2D eigenvalue weighted by Crippen LogP contribution is 2.34. The zero-order valence-corrected chi connectivity index (χ0v) is 20.9. The molecule has 0 aliphatic carbocycles. The van der Waals surface area contributed by atoms with E-state index in [1.54, 1.807) is 30.2 Å². The molecule has 1 saturated heterocycles. The smallest absolute Gasteiger partial charge is 0.263 e. The quantitative estimate of drug-likeness (QED) is 0.444. The van der Waals surface area contributed by atoms with Crippen molar-refractivity contribution in [2.45, 2.75) is 6.92 Å². The Morgan fingerprint density at radius 2 is 1.97 bits per heavy atom. The largest absolute Gasteiger partial charge is 0.496 e. The van der Waals surface area contributed by atoms with Gasteiger partial charge in [0.05, 0.1) is 36.1 Å². The zero-order valence-electron chi connectivity index (χ0n) is 17.8. The van der Waals surface area contributed by atoms with E-state index in [1.165, 1.54) is 11.3 Å². The summed E-state index contributed by atoms with van der Waals surface area (Å²) in [5.74, 6) is 0.279. The number of nitrogens with zero attached hydrogens (tertiary/aromatic N) is 3. The Labute approximate surface area is 207 Å². The number of fused-ring (bicyclic) bond motifs is 1. The van der Waals surface area contributed by atoms with Crippen LogP contribution in [0.4, 0.5) is 5.13 Å². The van der Waals surface area contributed by atoms with Crippen molar-refractivity contribution in [3.05, 3.63) is 51.5 Å². The third kappa shape index (κ3) is 5.47. The number of amides is 1. The first-order valence-corrected chi connectivity index (χ1v) is 11.6. The number of ether oxygens (including phenoxy) is 2. The van der Waals surface area contributed by atoms with E-state index >= 15 is 0 Å². The maximum Gasteiger partial charge on any atom is 0.263 e. The lowest BCUT2D eigenvalue weighted by Gasteiger charge is -2.29. The third-order valence-electron chi connectivity index (χ3n) is 5.25. The van der Waals surface area contributed by atoms with Crippen LogP contribution < -0.4 is 9.64 Å². The fraction of sp³-hybridized carbons (Fsp3) is 0.364. The van der Waals surface area contributed by atoms with Gasteiger partial charge in [0.1, 0.15) is 5.75 Å². The Morgan fingerprint density at radius 1 is 1.22 bits per heavy atom. The minimum atomic E-state index is -0.199. The van der Waals surface area contributed by atoms with Crippen LogP contribution in [0, 0.1) is 6.92 Å². The van der Waals surface area contributed by atoms with Crippen molar-refractivity contribution in [2.24, 2.45) is 0 Å². The van der Waals surface area contributed by atoms with Crippen molar-refractivity contribution >= 4 is 68.2 Å². The number of hydrogen-bond acceptors (Lipinski definition) is 6. The van der Waals surface area contributed by atoms with Gasteiger partial charge in [-0.15, -0.1) is 12.4 Å². The number of rotatable bonds is 6. The number of benzene rings is 2. The van der Waals surface area contributed by atoms with E-state index in [1.807, 2.05) is 19.1 Å². The van der Waals surface area contributed by atoms with Gasteiger partial charge in [-0.25, -0.2) is 4.98 Å². The van der Waals surface area contributed by atoms with E-state index in [9.17, 15) is 4.79 Å². The second-order valence-electron chi connectivity index (χ2n) is 7.32. The van der Waals surface area contributed by atoms with E-state index in [0.29, 0.717) is 52.8 Å². The molecule has 2 heterocycles. The molecule has 3 aromatic rings. The summed E-state index contributed by atoms with van der Waals surface area (Å²) in [5, 5.41) is 1.76. The second-order valence-corrected chi connectivity index (χ2v) is 9.20. The molecule has 0 spiro atoms. The molecule has 0 unspecified atom stereocenters. The average molecular weight is 517 g/mol. The van der Waals surface area contributed by atoms with Crippen molar-refractivity contribution in [3.8, 4) is 5.75 Å². The molecule has 172 valence electrons. The van der Waals surface area contributed by atoms with Gasteiger partial charge >= 0.3 is 0 Å². The van der Waals surface area contributed by atoms with Gasteiger partial charge in [0.2, 0.25) is 0 Å². The summed E-state index contributed by atoms with van der Waals surface area (Å²) in [6, 6.07) is 8.82. The number of morpholine rings is 1. The van der Waals surface area contributed by atoms with E-state index < -0.39 is 0 Å². The molecule has 2 aromatic carbocycles. The summed E-state index contributed by atoms with van der Waals surface area (Å²) in [5.41, 5.74) is 2.24. The molecular weight excluding hydrogens is 493 g/mol. The molecule has 0 saturated carbocycles. The molecule has 32 heavy (non-hydrogen) atoms. The minimum Gasteiger partial charge on any atom is -0.496 e. The zero-order chi connectivity index (χ0) is 22.0. The molecule has 1 aliphatic rings. The van der Waals surface area contributed by atoms with Crippen LogP contribution in [0.2, 0.25) is 10.0 Å². The number of carbonyl (C=O) groups excluding carboxylic acids is 1. The van der Waals surface area contributed by atoms with Crippen LogP contribution in [0.15, 0.2) is 30.3 Å². The highest BCUT2D eigenvalue weighted by atomic mass is 35.5. The van der Waals surface area contributed by atoms with Crippen LogP contribution in [-0.2, 0) is 4.74 Å². The SMILES string of the molecule is COc1ccc(Cl)cc1C(=O)N(CCN1CCOCC1)c1nc2c(C)cc(Cl)cc2s1.Cl. The Balaban J connectivity index is 0.00000289. The summed E-state index contributed by atoms with van der Waals surface area (Å²) in [6.07, 6.45) is 0. The molecule has 1 aliphatic heterocycles. The fourth-order valence-electron chi connectivity index (χ4n) is 3.60. The summed E-state index contributed by atoms with van der Waals surface area (Å²) in [7, 11) is 1.54. The van der Waals surface area contributed by atoms with Crippen molar-refractivity contribution in [1.29, 1.82) is 0 Å². The monoisotopic (exact) mass is 515 g/mol. The molecule has 0 radical (unpaired) electrons. The van der Waals surface area contributed by atoms with Gasteiger partial charge in [-0.1, -0.05) is 34.5 Å². The Bertz CT molecular complexity index is 1100. The van der Waals surface area contributed by atoms with Crippen molar-refractivity contribution in [1.82, 2.24) is 9.88 Å². The number of methoxy groups -OCH3 is 1. The highest BCUT2D eigenvalue weighted by molar-refractivity contribution is 7.22. The normalized spacial score (nSPS) is 14.2. The molecule has 0 bridgehead atoms. The van der Waals surface area contributed by atoms with Gasteiger partial charge in [-0.2, -0.15) is 0 Å². The van der Waals surface area contributed by atoms with E-state index in [0.717, 1.165) is 28.9 Å². The Morgan fingerprint density at radius 3 is 2.69 bits per heavy atom. The van der Waals surface area contributed by atoms with E-state index in [4.69, 9.17) is 37.7 Å². The second kappa shape index (κ2) is 11.0. The van der Waals surface area contributed by atoms with Gasteiger partial charge in [-0.3, -0.25) is 14.6 Å². The first-order valence-electron chi connectivity index (χ1n) is 9.98. The molecule has 1 aromatic heterocycles. The number of anilines is 1. The summed E-state index contributed by atoms with van der Waals surface area (Å²) >= 11 is 13.9. The average Bonchev–Trinajstić information content (AvgIpc) is 3.18.